The summed E-state index contributed by atoms with van der Waals surface area (Å²) >= 11 is 6.19. The Morgan fingerprint density at radius 2 is 1.70 bits per heavy atom. The summed E-state index contributed by atoms with van der Waals surface area (Å²) in [5.74, 6) is 0.0755. The van der Waals surface area contributed by atoms with Crippen molar-refractivity contribution in [1.29, 1.82) is 0 Å². The monoisotopic (exact) mass is 420 g/mol. The zero-order valence-corrected chi connectivity index (χ0v) is 17.1. The van der Waals surface area contributed by atoms with E-state index in [4.69, 9.17) is 16.3 Å². The lowest BCUT2D eigenvalue weighted by Crippen LogP contribution is -2.13. The summed E-state index contributed by atoms with van der Waals surface area (Å²) in [4.78, 5) is 24.8. The molecule has 5 nitrogen and oxygen atoms in total. The molecule has 152 valence electrons. The smallest absolute Gasteiger partial charge is 0.255 e. The van der Waals surface area contributed by atoms with Crippen LogP contribution in [0.15, 0.2) is 78.9 Å². The van der Waals surface area contributed by atoms with Gasteiger partial charge in [0.2, 0.25) is 5.91 Å². The lowest BCUT2D eigenvalue weighted by Gasteiger charge is -2.10. The van der Waals surface area contributed by atoms with E-state index in [0.717, 1.165) is 11.3 Å². The molecule has 0 aliphatic heterocycles. The van der Waals surface area contributed by atoms with Crippen molar-refractivity contribution < 1.29 is 14.3 Å². The fourth-order valence-corrected chi connectivity index (χ4v) is 2.84. The minimum atomic E-state index is -0.343. The van der Waals surface area contributed by atoms with E-state index in [1.807, 2.05) is 37.3 Å². The Morgan fingerprint density at radius 1 is 0.967 bits per heavy atom. The molecule has 2 amide bonds. The van der Waals surface area contributed by atoms with Gasteiger partial charge >= 0.3 is 0 Å². The molecule has 0 heterocycles. The van der Waals surface area contributed by atoms with Crippen molar-refractivity contribution in [3.8, 4) is 5.75 Å². The maximum atomic E-state index is 12.6. The second kappa shape index (κ2) is 10.3. The SMILES string of the molecule is CCOc1ccc(NC(=O)c2ccc(Cl)c(NC(=O)C=Cc3ccccc3)c2)cc1. The number of benzene rings is 3. The van der Waals surface area contributed by atoms with E-state index in [2.05, 4.69) is 10.6 Å². The van der Waals surface area contributed by atoms with Gasteiger partial charge in [-0.1, -0.05) is 41.9 Å². The van der Waals surface area contributed by atoms with Crippen LogP contribution in [-0.2, 0) is 4.79 Å². The molecule has 0 spiro atoms. The van der Waals surface area contributed by atoms with E-state index in [-0.39, 0.29) is 11.8 Å². The summed E-state index contributed by atoms with van der Waals surface area (Å²) in [6.07, 6.45) is 3.12. The minimum absolute atomic E-state index is 0.314. The molecular weight excluding hydrogens is 400 g/mol. The summed E-state index contributed by atoms with van der Waals surface area (Å²) < 4.78 is 5.39. The highest BCUT2D eigenvalue weighted by molar-refractivity contribution is 6.34. The third kappa shape index (κ3) is 5.96. The van der Waals surface area contributed by atoms with Gasteiger partial charge in [0.05, 0.1) is 17.3 Å². The third-order valence-electron chi connectivity index (χ3n) is 4.14. The van der Waals surface area contributed by atoms with Crippen LogP contribution < -0.4 is 15.4 Å². The summed E-state index contributed by atoms with van der Waals surface area (Å²) in [7, 11) is 0. The lowest BCUT2D eigenvalue weighted by atomic mass is 10.1. The Hall–Kier alpha value is -3.57. The molecule has 0 radical (unpaired) electrons. The molecular formula is C24H21ClN2O3. The van der Waals surface area contributed by atoms with Gasteiger partial charge in [-0.15, -0.1) is 0 Å². The van der Waals surface area contributed by atoms with Crippen LogP contribution in [0.25, 0.3) is 6.08 Å². The zero-order chi connectivity index (χ0) is 21.3. The van der Waals surface area contributed by atoms with Gasteiger partial charge in [-0.3, -0.25) is 9.59 Å². The van der Waals surface area contributed by atoms with Crippen LogP contribution in [0.5, 0.6) is 5.75 Å². The number of hydrogen-bond donors (Lipinski definition) is 2. The Kier molecular flexibility index (Phi) is 7.24. The quantitative estimate of drug-likeness (QED) is 0.486. The number of carbonyl (C=O) groups excluding carboxylic acids is 2. The first-order chi connectivity index (χ1) is 14.5. The van der Waals surface area contributed by atoms with E-state index in [9.17, 15) is 9.59 Å². The molecule has 0 aliphatic rings. The Bertz CT molecular complexity index is 1050. The van der Waals surface area contributed by atoms with E-state index < -0.39 is 0 Å². The fourth-order valence-electron chi connectivity index (χ4n) is 2.68. The second-order valence-electron chi connectivity index (χ2n) is 6.34. The Morgan fingerprint density at radius 3 is 2.40 bits per heavy atom. The topological polar surface area (TPSA) is 67.4 Å². The number of halogens is 1. The molecule has 3 aromatic rings. The molecule has 3 aromatic carbocycles. The highest BCUT2D eigenvalue weighted by atomic mass is 35.5. The highest BCUT2D eigenvalue weighted by Gasteiger charge is 2.11. The molecule has 6 heteroatoms. The predicted molar refractivity (Wildman–Crippen MR) is 121 cm³/mol. The van der Waals surface area contributed by atoms with Gasteiger partial charge in [0, 0.05) is 17.3 Å². The molecule has 2 N–H and O–H groups in total. The molecule has 0 bridgehead atoms. The number of anilines is 2. The first-order valence-corrected chi connectivity index (χ1v) is 9.81. The van der Waals surface area contributed by atoms with Crippen LogP contribution in [0.2, 0.25) is 5.02 Å². The van der Waals surface area contributed by atoms with Crippen LogP contribution >= 0.6 is 11.6 Å². The predicted octanol–water partition coefficient (Wildman–Crippen LogP) is 5.64. The van der Waals surface area contributed by atoms with Crippen LogP contribution in [0.4, 0.5) is 11.4 Å². The molecule has 3 rings (SSSR count). The van der Waals surface area contributed by atoms with Gasteiger partial charge in [0.15, 0.2) is 0 Å². The summed E-state index contributed by atoms with van der Waals surface area (Å²) in [6.45, 7) is 2.48. The molecule has 0 fully saturated rings. The maximum Gasteiger partial charge on any atom is 0.255 e. The van der Waals surface area contributed by atoms with Crippen LogP contribution in [0.1, 0.15) is 22.8 Å². The molecule has 0 saturated heterocycles. The van der Waals surface area contributed by atoms with Gasteiger partial charge in [-0.25, -0.2) is 0 Å². The zero-order valence-electron chi connectivity index (χ0n) is 16.4. The van der Waals surface area contributed by atoms with Crippen molar-refractivity contribution >= 4 is 40.9 Å². The number of ether oxygens (including phenoxy) is 1. The second-order valence-corrected chi connectivity index (χ2v) is 6.75. The first-order valence-electron chi connectivity index (χ1n) is 9.43. The summed E-state index contributed by atoms with van der Waals surface area (Å²) in [5, 5.41) is 5.86. The van der Waals surface area contributed by atoms with Crippen molar-refractivity contribution in [3.05, 3.63) is 95.0 Å². The normalized spacial score (nSPS) is 10.6. The molecule has 30 heavy (non-hydrogen) atoms. The van der Waals surface area contributed by atoms with Crippen molar-refractivity contribution in [2.45, 2.75) is 6.92 Å². The Balaban J connectivity index is 1.67. The van der Waals surface area contributed by atoms with Crippen LogP contribution in [0.3, 0.4) is 0 Å². The van der Waals surface area contributed by atoms with E-state index in [1.165, 1.54) is 6.08 Å². The average molecular weight is 421 g/mol. The van der Waals surface area contributed by atoms with E-state index in [1.54, 1.807) is 48.5 Å². The van der Waals surface area contributed by atoms with Crippen molar-refractivity contribution in [3.63, 3.8) is 0 Å². The van der Waals surface area contributed by atoms with Crippen LogP contribution in [-0.4, -0.2) is 18.4 Å². The number of nitrogens with one attached hydrogen (secondary N) is 2. The molecule has 0 atom stereocenters. The fraction of sp³-hybridized carbons (Fsp3) is 0.0833. The number of rotatable bonds is 7. The largest absolute Gasteiger partial charge is 0.494 e. The molecule has 0 saturated carbocycles. The van der Waals surface area contributed by atoms with Crippen molar-refractivity contribution in [1.82, 2.24) is 0 Å². The molecule has 0 aliphatic carbocycles. The van der Waals surface area contributed by atoms with E-state index >= 15 is 0 Å². The van der Waals surface area contributed by atoms with Gasteiger partial charge in [0.1, 0.15) is 5.75 Å². The van der Waals surface area contributed by atoms with Gasteiger partial charge < -0.3 is 15.4 Å². The number of hydrogen-bond acceptors (Lipinski definition) is 3. The minimum Gasteiger partial charge on any atom is -0.494 e. The lowest BCUT2D eigenvalue weighted by molar-refractivity contribution is -0.111. The highest BCUT2D eigenvalue weighted by Crippen LogP contribution is 2.24. The first kappa shape index (κ1) is 21.1. The third-order valence-corrected chi connectivity index (χ3v) is 4.47. The summed E-state index contributed by atoms with van der Waals surface area (Å²) in [6, 6.07) is 21.3. The average Bonchev–Trinajstić information content (AvgIpc) is 2.76. The number of carbonyl (C=O) groups is 2. The summed E-state index contributed by atoms with van der Waals surface area (Å²) in [5.41, 5.74) is 2.27. The Labute approximate surface area is 180 Å². The van der Waals surface area contributed by atoms with Gasteiger partial charge in [0.25, 0.3) is 5.91 Å². The van der Waals surface area contributed by atoms with Gasteiger partial charge in [-0.2, -0.15) is 0 Å². The van der Waals surface area contributed by atoms with E-state index in [0.29, 0.717) is 28.6 Å². The van der Waals surface area contributed by atoms with Crippen molar-refractivity contribution in [2.24, 2.45) is 0 Å². The van der Waals surface area contributed by atoms with Gasteiger partial charge in [-0.05, 0) is 61.0 Å². The molecule has 0 unspecified atom stereocenters. The molecule has 0 aromatic heterocycles. The number of amides is 2. The van der Waals surface area contributed by atoms with Crippen LogP contribution in [0, 0.1) is 0 Å². The van der Waals surface area contributed by atoms with Crippen molar-refractivity contribution in [2.75, 3.05) is 17.2 Å². The standard InChI is InChI=1S/C24H21ClN2O3/c1-2-30-20-12-10-19(11-13-20)26-24(29)18-9-14-21(25)22(16-18)27-23(28)15-8-17-6-4-3-5-7-17/h3-16H,2H2,1H3,(H,26,29)(H,27,28). The maximum absolute atomic E-state index is 12.6.